The fraction of sp³-hybridized carbons (Fsp3) is 0.333. The van der Waals surface area contributed by atoms with Crippen LogP contribution < -0.4 is 0 Å². The van der Waals surface area contributed by atoms with E-state index in [1.165, 1.54) is 6.07 Å². The number of hydrogen-bond acceptors (Lipinski definition) is 3. The number of ketones is 1. The number of carbonyl (C=O) groups excluding carboxylic acids is 1. The SMILES string of the molecule is CN1CCC(=O)C1c1ccccc1C(=O)O. The number of carboxylic acid groups (broad SMARTS) is 1. The summed E-state index contributed by atoms with van der Waals surface area (Å²) in [6, 6.07) is 6.30. The Balaban J connectivity index is 2.47. The monoisotopic (exact) mass is 219 g/mol. The summed E-state index contributed by atoms with van der Waals surface area (Å²) in [5.41, 5.74) is 0.814. The van der Waals surface area contributed by atoms with Crippen LogP contribution in [0.5, 0.6) is 0 Å². The first-order valence-corrected chi connectivity index (χ1v) is 5.16. The molecule has 0 aliphatic carbocycles. The van der Waals surface area contributed by atoms with Gasteiger partial charge in [-0.25, -0.2) is 4.79 Å². The van der Waals surface area contributed by atoms with Gasteiger partial charge in [0, 0.05) is 13.0 Å². The van der Waals surface area contributed by atoms with E-state index in [2.05, 4.69) is 0 Å². The number of hydrogen-bond donors (Lipinski definition) is 1. The number of nitrogens with zero attached hydrogens (tertiary/aromatic N) is 1. The quantitative estimate of drug-likeness (QED) is 0.815. The summed E-state index contributed by atoms with van der Waals surface area (Å²) in [7, 11) is 1.84. The van der Waals surface area contributed by atoms with Crippen molar-refractivity contribution >= 4 is 11.8 Å². The minimum absolute atomic E-state index is 0.0937. The van der Waals surface area contributed by atoms with Crippen molar-refractivity contribution in [3.8, 4) is 0 Å². The third-order valence-corrected chi connectivity index (χ3v) is 2.94. The summed E-state index contributed by atoms with van der Waals surface area (Å²) < 4.78 is 0. The third kappa shape index (κ3) is 1.72. The molecular formula is C12H13NO3. The number of benzene rings is 1. The lowest BCUT2D eigenvalue weighted by Crippen LogP contribution is -2.23. The van der Waals surface area contributed by atoms with Gasteiger partial charge in [-0.3, -0.25) is 9.69 Å². The molecule has 4 heteroatoms. The van der Waals surface area contributed by atoms with Gasteiger partial charge in [0.15, 0.2) is 5.78 Å². The molecule has 16 heavy (non-hydrogen) atoms. The number of carbonyl (C=O) groups is 2. The molecule has 1 aromatic carbocycles. The highest BCUT2D eigenvalue weighted by atomic mass is 16.4. The van der Waals surface area contributed by atoms with Crippen LogP contribution in [0.3, 0.4) is 0 Å². The molecule has 1 fully saturated rings. The zero-order valence-electron chi connectivity index (χ0n) is 9.01. The molecule has 0 radical (unpaired) electrons. The number of likely N-dealkylation sites (tertiary alicyclic amines) is 1. The average Bonchev–Trinajstić information content (AvgIpc) is 2.58. The molecule has 1 aliphatic heterocycles. The zero-order chi connectivity index (χ0) is 11.7. The lowest BCUT2D eigenvalue weighted by molar-refractivity contribution is -0.119. The Hall–Kier alpha value is -1.68. The molecule has 1 N–H and O–H groups in total. The van der Waals surface area contributed by atoms with Crippen LogP contribution in [0.1, 0.15) is 28.4 Å². The molecule has 1 aliphatic rings. The number of rotatable bonds is 2. The van der Waals surface area contributed by atoms with Gasteiger partial charge in [-0.2, -0.15) is 0 Å². The standard InChI is InChI=1S/C12H13NO3/c1-13-7-6-10(14)11(13)8-4-2-3-5-9(8)12(15)16/h2-5,11H,6-7H2,1H3,(H,15,16). The predicted octanol–water partition coefficient (Wildman–Crippen LogP) is 1.33. The minimum atomic E-state index is -0.983. The van der Waals surface area contributed by atoms with E-state index < -0.39 is 12.0 Å². The second-order valence-electron chi connectivity index (χ2n) is 3.99. The number of likely N-dealkylation sites (N-methyl/N-ethyl adjacent to an activating group) is 1. The van der Waals surface area contributed by atoms with E-state index in [0.717, 1.165) is 0 Å². The number of Topliss-reactive ketones (excluding diaryl/α,β-unsaturated/α-hetero) is 1. The van der Waals surface area contributed by atoms with Gasteiger partial charge in [-0.1, -0.05) is 18.2 Å². The Labute approximate surface area is 93.5 Å². The van der Waals surface area contributed by atoms with Gasteiger partial charge in [-0.15, -0.1) is 0 Å². The maximum absolute atomic E-state index is 11.7. The van der Waals surface area contributed by atoms with Crippen molar-refractivity contribution in [3.05, 3.63) is 35.4 Å². The largest absolute Gasteiger partial charge is 0.478 e. The third-order valence-electron chi connectivity index (χ3n) is 2.94. The Morgan fingerprint density at radius 3 is 2.69 bits per heavy atom. The predicted molar refractivity (Wildman–Crippen MR) is 58.4 cm³/mol. The smallest absolute Gasteiger partial charge is 0.336 e. The van der Waals surface area contributed by atoms with Crippen LogP contribution in [-0.2, 0) is 4.79 Å². The molecule has 1 saturated heterocycles. The van der Waals surface area contributed by atoms with E-state index >= 15 is 0 Å². The van der Waals surface area contributed by atoms with Crippen molar-refractivity contribution in [1.82, 2.24) is 4.90 Å². The molecule has 84 valence electrons. The first-order chi connectivity index (χ1) is 7.61. The van der Waals surface area contributed by atoms with Gasteiger partial charge in [0.1, 0.15) is 0 Å². The molecule has 1 atom stereocenters. The maximum atomic E-state index is 11.7. The molecule has 1 unspecified atom stereocenters. The molecule has 4 nitrogen and oxygen atoms in total. The van der Waals surface area contributed by atoms with E-state index in [1.807, 2.05) is 11.9 Å². The first kappa shape index (κ1) is 10.8. The normalized spacial score (nSPS) is 21.3. The summed E-state index contributed by atoms with van der Waals surface area (Å²) >= 11 is 0. The summed E-state index contributed by atoms with van der Waals surface area (Å²) in [5.74, 6) is -0.889. The molecule has 0 aromatic heterocycles. The second-order valence-corrected chi connectivity index (χ2v) is 3.99. The van der Waals surface area contributed by atoms with E-state index in [1.54, 1.807) is 18.2 Å². The summed E-state index contributed by atoms with van der Waals surface area (Å²) in [6.45, 7) is 0.692. The highest BCUT2D eigenvalue weighted by molar-refractivity contribution is 5.94. The van der Waals surface area contributed by atoms with Gasteiger partial charge in [0.2, 0.25) is 0 Å². The van der Waals surface area contributed by atoms with Crippen LogP contribution in [0.15, 0.2) is 24.3 Å². The molecule has 2 rings (SSSR count). The Kier molecular flexibility index (Phi) is 2.75. The number of carboxylic acids is 1. The molecule has 1 heterocycles. The maximum Gasteiger partial charge on any atom is 0.336 e. The van der Waals surface area contributed by atoms with Crippen LogP contribution in [0.25, 0.3) is 0 Å². The summed E-state index contributed by atoms with van der Waals surface area (Å²) in [5, 5.41) is 9.07. The first-order valence-electron chi connectivity index (χ1n) is 5.16. The molecule has 0 saturated carbocycles. The molecular weight excluding hydrogens is 206 g/mol. The Bertz CT molecular complexity index is 442. The van der Waals surface area contributed by atoms with Crippen LogP contribution in [0, 0.1) is 0 Å². The summed E-state index contributed by atoms with van der Waals surface area (Å²) in [4.78, 5) is 24.7. The van der Waals surface area contributed by atoms with E-state index in [-0.39, 0.29) is 11.3 Å². The lowest BCUT2D eigenvalue weighted by Gasteiger charge is -2.19. The molecule has 0 bridgehead atoms. The van der Waals surface area contributed by atoms with Gasteiger partial charge in [-0.05, 0) is 18.7 Å². The van der Waals surface area contributed by atoms with Crippen LogP contribution in [-0.4, -0.2) is 35.4 Å². The Morgan fingerprint density at radius 2 is 2.12 bits per heavy atom. The highest BCUT2D eigenvalue weighted by Crippen LogP contribution is 2.29. The van der Waals surface area contributed by atoms with Crippen LogP contribution in [0.2, 0.25) is 0 Å². The fourth-order valence-electron chi connectivity index (χ4n) is 2.14. The van der Waals surface area contributed by atoms with Crippen molar-refractivity contribution in [2.45, 2.75) is 12.5 Å². The highest BCUT2D eigenvalue weighted by Gasteiger charge is 2.33. The van der Waals surface area contributed by atoms with Gasteiger partial charge >= 0.3 is 5.97 Å². The van der Waals surface area contributed by atoms with Gasteiger partial charge in [0.25, 0.3) is 0 Å². The van der Waals surface area contributed by atoms with Crippen molar-refractivity contribution in [2.24, 2.45) is 0 Å². The van der Waals surface area contributed by atoms with E-state index in [0.29, 0.717) is 18.5 Å². The molecule has 0 amide bonds. The van der Waals surface area contributed by atoms with Crippen molar-refractivity contribution < 1.29 is 14.7 Å². The van der Waals surface area contributed by atoms with Gasteiger partial charge < -0.3 is 5.11 Å². The fourth-order valence-corrected chi connectivity index (χ4v) is 2.14. The van der Waals surface area contributed by atoms with Crippen molar-refractivity contribution in [3.63, 3.8) is 0 Å². The van der Waals surface area contributed by atoms with E-state index in [9.17, 15) is 9.59 Å². The van der Waals surface area contributed by atoms with E-state index in [4.69, 9.17) is 5.11 Å². The second kappa shape index (κ2) is 4.06. The van der Waals surface area contributed by atoms with Gasteiger partial charge in [0.05, 0.1) is 11.6 Å². The lowest BCUT2D eigenvalue weighted by atomic mass is 9.98. The zero-order valence-corrected chi connectivity index (χ0v) is 9.01. The van der Waals surface area contributed by atoms with Crippen LogP contribution in [0.4, 0.5) is 0 Å². The Morgan fingerprint density at radius 1 is 1.44 bits per heavy atom. The molecule has 1 aromatic rings. The number of aromatic carboxylic acids is 1. The minimum Gasteiger partial charge on any atom is -0.478 e. The van der Waals surface area contributed by atoms with Crippen LogP contribution >= 0.6 is 0 Å². The van der Waals surface area contributed by atoms with Crippen molar-refractivity contribution in [1.29, 1.82) is 0 Å². The molecule has 0 spiro atoms. The van der Waals surface area contributed by atoms with Crippen molar-refractivity contribution in [2.75, 3.05) is 13.6 Å². The summed E-state index contributed by atoms with van der Waals surface area (Å²) in [6.07, 6.45) is 0.495. The average molecular weight is 219 g/mol. The topological polar surface area (TPSA) is 57.6 Å².